The summed E-state index contributed by atoms with van der Waals surface area (Å²) in [6, 6.07) is 0. The lowest BCUT2D eigenvalue weighted by Crippen LogP contribution is -2.44. The maximum absolute atomic E-state index is 12.1. The van der Waals surface area contributed by atoms with E-state index in [1.165, 1.54) is 0 Å². The maximum atomic E-state index is 12.1. The van der Waals surface area contributed by atoms with Gasteiger partial charge in [0, 0.05) is 23.6 Å². The molecule has 2 N–H and O–H groups in total. The fourth-order valence-corrected chi connectivity index (χ4v) is 3.92. The first-order valence-corrected chi connectivity index (χ1v) is 7.59. The van der Waals surface area contributed by atoms with Gasteiger partial charge in [0.25, 0.3) is 0 Å². The molecule has 2 atom stereocenters. The van der Waals surface area contributed by atoms with Crippen LogP contribution in [0.4, 0.5) is 5.69 Å². The first-order valence-electron chi connectivity index (χ1n) is 6.65. The van der Waals surface area contributed by atoms with Crippen LogP contribution in [0.25, 0.3) is 0 Å². The van der Waals surface area contributed by atoms with Gasteiger partial charge in [0.15, 0.2) is 0 Å². The largest absolute Gasteiger partial charge is 0.322 e. The highest BCUT2D eigenvalue weighted by Crippen LogP contribution is 2.24. The number of carbonyl (C=O) groups is 1. The number of nitrogens with zero attached hydrogens (tertiary/aromatic N) is 2. The summed E-state index contributed by atoms with van der Waals surface area (Å²) in [5.41, 5.74) is 2.56. The highest BCUT2D eigenvalue weighted by Gasteiger charge is 2.24. The van der Waals surface area contributed by atoms with E-state index in [-0.39, 0.29) is 5.91 Å². The smallest absolute Gasteiger partial charge is 0.238 e. The highest BCUT2D eigenvalue weighted by atomic mass is 32.2. The van der Waals surface area contributed by atoms with E-state index in [2.05, 4.69) is 34.3 Å². The maximum Gasteiger partial charge on any atom is 0.238 e. The van der Waals surface area contributed by atoms with Crippen LogP contribution in [-0.2, 0) is 4.79 Å². The molecule has 2 heterocycles. The van der Waals surface area contributed by atoms with Crippen molar-refractivity contribution in [1.29, 1.82) is 0 Å². The third-order valence-electron chi connectivity index (χ3n) is 3.25. The average molecular weight is 282 g/mol. The van der Waals surface area contributed by atoms with E-state index in [4.69, 9.17) is 0 Å². The molecule has 1 aromatic rings. The summed E-state index contributed by atoms with van der Waals surface area (Å²) < 4.78 is 0. The Balaban J connectivity index is 1.91. The molecule has 1 saturated heterocycles. The second-order valence-electron chi connectivity index (χ2n) is 5.31. The number of hydrogen-bond acceptors (Lipinski definition) is 4. The molecule has 19 heavy (non-hydrogen) atoms. The molecule has 1 amide bonds. The Hall–Kier alpha value is -1.01. The number of anilines is 1. The van der Waals surface area contributed by atoms with Crippen molar-refractivity contribution in [1.82, 2.24) is 15.1 Å². The van der Waals surface area contributed by atoms with Gasteiger partial charge in [-0.15, -0.1) is 0 Å². The molecule has 0 aliphatic carbocycles. The molecule has 0 aromatic carbocycles. The Morgan fingerprint density at radius 2 is 2.05 bits per heavy atom. The van der Waals surface area contributed by atoms with Gasteiger partial charge in [-0.3, -0.25) is 14.8 Å². The normalized spacial score (nSPS) is 24.4. The van der Waals surface area contributed by atoms with Crippen LogP contribution in [0.1, 0.15) is 25.2 Å². The predicted octanol–water partition coefficient (Wildman–Crippen LogP) is 1.79. The lowest BCUT2D eigenvalue weighted by atomic mass is 10.3. The van der Waals surface area contributed by atoms with E-state index < -0.39 is 0 Å². The predicted molar refractivity (Wildman–Crippen MR) is 79.6 cm³/mol. The molecule has 1 aliphatic heterocycles. The number of aromatic nitrogens is 2. The summed E-state index contributed by atoms with van der Waals surface area (Å²) in [6.07, 6.45) is 0. The van der Waals surface area contributed by atoms with Crippen molar-refractivity contribution >= 4 is 23.4 Å². The number of H-pyrrole nitrogens is 1. The van der Waals surface area contributed by atoms with Crippen LogP contribution in [0.15, 0.2) is 0 Å². The molecular weight excluding hydrogens is 260 g/mol. The lowest BCUT2D eigenvalue weighted by molar-refractivity contribution is -0.117. The van der Waals surface area contributed by atoms with Crippen molar-refractivity contribution in [2.24, 2.45) is 0 Å². The molecule has 0 spiro atoms. The Bertz CT molecular complexity index is 430. The van der Waals surface area contributed by atoms with Gasteiger partial charge in [0.05, 0.1) is 23.6 Å². The molecule has 0 saturated carbocycles. The van der Waals surface area contributed by atoms with Gasteiger partial charge in [-0.25, -0.2) is 0 Å². The Kier molecular flexibility index (Phi) is 4.52. The van der Waals surface area contributed by atoms with Crippen molar-refractivity contribution < 1.29 is 4.79 Å². The minimum Gasteiger partial charge on any atom is -0.322 e. The van der Waals surface area contributed by atoms with Gasteiger partial charge in [-0.05, 0) is 13.8 Å². The number of amides is 1. The number of nitrogens with one attached hydrogen (secondary N) is 2. The molecule has 5 nitrogen and oxygen atoms in total. The zero-order valence-electron chi connectivity index (χ0n) is 12.0. The standard InChI is InChI=1S/C13H22N4OS/c1-8-5-17(6-9(2)19-8)7-12(18)14-13-10(3)15-16-11(13)4/h8-9H,5-7H2,1-4H3,(H,14,18)(H,15,16)/t8-,9-/m1/s1. The molecule has 0 unspecified atom stereocenters. The summed E-state index contributed by atoms with van der Waals surface area (Å²) in [4.78, 5) is 14.3. The first-order chi connectivity index (χ1) is 8.95. The summed E-state index contributed by atoms with van der Waals surface area (Å²) >= 11 is 1.99. The molecule has 0 bridgehead atoms. The molecule has 1 aromatic heterocycles. The fourth-order valence-electron chi connectivity index (χ4n) is 2.53. The van der Waals surface area contributed by atoms with E-state index >= 15 is 0 Å². The molecule has 6 heteroatoms. The van der Waals surface area contributed by atoms with E-state index in [0.717, 1.165) is 30.2 Å². The molecule has 0 radical (unpaired) electrons. The molecule has 106 valence electrons. The van der Waals surface area contributed by atoms with Gasteiger partial charge >= 0.3 is 0 Å². The van der Waals surface area contributed by atoms with Crippen LogP contribution in [0.3, 0.4) is 0 Å². The first kappa shape index (κ1) is 14.4. The number of thioether (sulfide) groups is 1. The van der Waals surface area contributed by atoms with Gasteiger partial charge in [0.1, 0.15) is 0 Å². The van der Waals surface area contributed by atoms with Crippen molar-refractivity contribution in [3.05, 3.63) is 11.4 Å². The van der Waals surface area contributed by atoms with E-state index in [0.29, 0.717) is 17.0 Å². The minimum absolute atomic E-state index is 0.0406. The summed E-state index contributed by atoms with van der Waals surface area (Å²) in [7, 11) is 0. The second kappa shape index (κ2) is 5.96. The molecule has 1 aliphatic rings. The fraction of sp³-hybridized carbons (Fsp3) is 0.692. The van der Waals surface area contributed by atoms with Crippen LogP contribution in [0.2, 0.25) is 0 Å². The van der Waals surface area contributed by atoms with Crippen LogP contribution >= 0.6 is 11.8 Å². The lowest BCUT2D eigenvalue weighted by Gasteiger charge is -2.33. The van der Waals surface area contributed by atoms with Crippen LogP contribution in [-0.4, -0.2) is 51.1 Å². The molecular formula is C13H22N4OS. The van der Waals surface area contributed by atoms with Gasteiger partial charge in [-0.1, -0.05) is 13.8 Å². The Morgan fingerprint density at radius 3 is 2.58 bits per heavy atom. The second-order valence-corrected chi connectivity index (χ2v) is 7.19. The van der Waals surface area contributed by atoms with Crippen LogP contribution < -0.4 is 5.32 Å². The van der Waals surface area contributed by atoms with E-state index in [9.17, 15) is 4.79 Å². The SMILES string of the molecule is Cc1n[nH]c(C)c1NC(=O)CN1C[C@@H](C)S[C@H](C)C1. The monoisotopic (exact) mass is 282 g/mol. The van der Waals surface area contributed by atoms with Gasteiger partial charge < -0.3 is 5.32 Å². The molecule has 1 fully saturated rings. The van der Waals surface area contributed by atoms with Crippen molar-refractivity contribution in [3.63, 3.8) is 0 Å². The number of rotatable bonds is 3. The third kappa shape index (κ3) is 3.73. The summed E-state index contributed by atoms with van der Waals surface area (Å²) in [6.45, 7) is 10.7. The highest BCUT2D eigenvalue weighted by molar-refractivity contribution is 8.00. The summed E-state index contributed by atoms with van der Waals surface area (Å²) in [5, 5.41) is 11.1. The van der Waals surface area contributed by atoms with Crippen molar-refractivity contribution in [2.75, 3.05) is 25.0 Å². The van der Waals surface area contributed by atoms with Crippen molar-refractivity contribution in [3.8, 4) is 0 Å². The zero-order chi connectivity index (χ0) is 14.0. The number of carbonyl (C=O) groups excluding carboxylic acids is 1. The summed E-state index contributed by atoms with van der Waals surface area (Å²) in [5.74, 6) is 0.0406. The quantitative estimate of drug-likeness (QED) is 0.887. The van der Waals surface area contributed by atoms with Gasteiger partial charge in [0.2, 0.25) is 5.91 Å². The van der Waals surface area contributed by atoms with Crippen LogP contribution in [0, 0.1) is 13.8 Å². The minimum atomic E-state index is 0.0406. The van der Waals surface area contributed by atoms with Crippen LogP contribution in [0.5, 0.6) is 0 Å². The number of hydrogen-bond donors (Lipinski definition) is 2. The topological polar surface area (TPSA) is 61.0 Å². The zero-order valence-corrected chi connectivity index (χ0v) is 12.8. The number of aryl methyl sites for hydroxylation is 2. The van der Waals surface area contributed by atoms with E-state index in [1.807, 2.05) is 25.6 Å². The molecule has 2 rings (SSSR count). The average Bonchev–Trinajstić information content (AvgIpc) is 2.59. The van der Waals surface area contributed by atoms with E-state index in [1.54, 1.807) is 0 Å². The van der Waals surface area contributed by atoms with Gasteiger partial charge in [-0.2, -0.15) is 16.9 Å². The Labute approximate surface area is 118 Å². The third-order valence-corrected chi connectivity index (χ3v) is 4.48. The Morgan fingerprint density at radius 1 is 1.42 bits per heavy atom. The number of aromatic amines is 1. The van der Waals surface area contributed by atoms with Crippen molar-refractivity contribution in [2.45, 2.75) is 38.2 Å².